The summed E-state index contributed by atoms with van der Waals surface area (Å²) in [6.07, 6.45) is 9.41. The average molecular weight is 419 g/mol. The zero-order valence-corrected chi connectivity index (χ0v) is 19.2. The van der Waals surface area contributed by atoms with E-state index in [1.54, 1.807) is 12.1 Å². The highest BCUT2D eigenvalue weighted by Gasteiger charge is 2.31. The van der Waals surface area contributed by atoms with Crippen LogP contribution >= 0.6 is 11.6 Å². The maximum atomic E-state index is 11.8. The molecule has 0 spiro atoms. The monoisotopic (exact) mass is 418 g/mol. The van der Waals surface area contributed by atoms with E-state index in [0.29, 0.717) is 9.93 Å². The number of sulfone groups is 1. The molecule has 1 aromatic rings. The normalized spacial score (nSPS) is 17.9. The number of allylic oxidation sites excluding steroid dienone is 7. The molecular weight excluding hydrogens is 388 g/mol. The Morgan fingerprint density at radius 3 is 2.32 bits per heavy atom. The zero-order chi connectivity index (χ0) is 21.1. The van der Waals surface area contributed by atoms with Gasteiger partial charge in [-0.3, -0.25) is 0 Å². The summed E-state index contributed by atoms with van der Waals surface area (Å²) in [5.74, 6) is 0. The van der Waals surface area contributed by atoms with Gasteiger partial charge < -0.3 is 0 Å². The topological polar surface area (TPSA) is 34.1 Å². The van der Waals surface area contributed by atoms with Crippen LogP contribution in [0.4, 0.5) is 0 Å². The van der Waals surface area contributed by atoms with E-state index >= 15 is 0 Å². The summed E-state index contributed by atoms with van der Waals surface area (Å²) >= 11 is 5.98. The lowest BCUT2D eigenvalue weighted by atomic mass is 9.87. The molecule has 0 amide bonds. The second-order valence-corrected chi connectivity index (χ2v) is 11.0. The highest BCUT2D eigenvalue weighted by Crippen LogP contribution is 2.47. The van der Waals surface area contributed by atoms with Crippen molar-refractivity contribution < 1.29 is 8.42 Å². The number of rotatable bonds is 7. The molecule has 1 aliphatic rings. The van der Waals surface area contributed by atoms with Crippen molar-refractivity contribution in [1.82, 2.24) is 0 Å². The van der Waals surface area contributed by atoms with Gasteiger partial charge in [-0.05, 0) is 73.8 Å². The van der Waals surface area contributed by atoms with Crippen molar-refractivity contribution in [3.63, 3.8) is 0 Å². The molecule has 2 nitrogen and oxygen atoms in total. The Morgan fingerprint density at radius 1 is 1.21 bits per heavy atom. The Bertz CT molecular complexity index is 943. The Hall–Kier alpha value is -1.58. The van der Waals surface area contributed by atoms with Gasteiger partial charge in [-0.25, -0.2) is 8.42 Å². The Kier molecular flexibility index (Phi) is 7.17. The summed E-state index contributed by atoms with van der Waals surface area (Å²) in [7, 11) is -3.17. The van der Waals surface area contributed by atoms with Crippen LogP contribution in [0.15, 0.2) is 69.6 Å². The molecule has 0 radical (unpaired) electrons. The van der Waals surface area contributed by atoms with Crippen molar-refractivity contribution in [2.45, 2.75) is 58.3 Å². The number of benzene rings is 1. The molecule has 0 heterocycles. The van der Waals surface area contributed by atoms with Crippen LogP contribution in [0.3, 0.4) is 0 Å². The van der Waals surface area contributed by atoms with Crippen molar-refractivity contribution >= 4 is 27.0 Å². The van der Waals surface area contributed by atoms with Gasteiger partial charge in [0.05, 0.1) is 4.90 Å². The first-order valence-corrected chi connectivity index (χ1v) is 11.9. The largest absolute Gasteiger partial charge is 0.224 e. The molecule has 0 aliphatic heterocycles. The highest BCUT2D eigenvalue weighted by atomic mass is 35.5. The van der Waals surface area contributed by atoms with E-state index in [0.717, 1.165) is 36.8 Å². The molecule has 0 unspecified atom stereocenters. The second-order valence-electron chi connectivity index (χ2n) is 8.52. The molecule has 0 aromatic heterocycles. The molecule has 4 heteroatoms. The predicted octanol–water partition coefficient (Wildman–Crippen LogP) is 7.09. The van der Waals surface area contributed by atoms with Crippen LogP contribution in [-0.4, -0.2) is 14.7 Å². The third kappa shape index (κ3) is 5.96. The first-order valence-electron chi connectivity index (χ1n) is 9.60. The minimum absolute atomic E-state index is 0.217. The summed E-state index contributed by atoms with van der Waals surface area (Å²) in [6.45, 7) is 12.4. The van der Waals surface area contributed by atoms with Crippen molar-refractivity contribution in [3.8, 4) is 0 Å². The minimum Gasteiger partial charge on any atom is -0.224 e. The predicted molar refractivity (Wildman–Crippen MR) is 121 cm³/mol. The fourth-order valence-electron chi connectivity index (χ4n) is 3.69. The Morgan fingerprint density at radius 2 is 1.82 bits per heavy atom. The molecule has 2 rings (SSSR count). The van der Waals surface area contributed by atoms with Crippen LogP contribution < -0.4 is 0 Å². The standard InChI is InChI=1S/C24H31ClO2S/c1-7-19(9-8-17(2)18(3)25)14-21-15-24(4,5)16-23(21)20-10-12-22(13-11-20)28(6,26)27/h7-8,10-13H,3,9,14-16H2,1-2,4-6H3/b17-8?,19-7+. The van der Waals surface area contributed by atoms with Crippen LogP contribution in [0.5, 0.6) is 0 Å². The summed E-state index contributed by atoms with van der Waals surface area (Å²) in [4.78, 5) is 0.367. The molecule has 0 saturated heterocycles. The average Bonchev–Trinajstić information content (AvgIpc) is 2.91. The van der Waals surface area contributed by atoms with Crippen LogP contribution in [0.25, 0.3) is 5.57 Å². The van der Waals surface area contributed by atoms with Crippen molar-refractivity contribution in [2.24, 2.45) is 5.41 Å². The summed E-state index contributed by atoms with van der Waals surface area (Å²) in [5, 5.41) is 0.586. The van der Waals surface area contributed by atoms with Crippen LogP contribution in [0, 0.1) is 5.41 Å². The van der Waals surface area contributed by atoms with Gasteiger partial charge in [-0.1, -0.05) is 67.5 Å². The maximum Gasteiger partial charge on any atom is 0.175 e. The molecule has 0 atom stereocenters. The number of hydrogen-bond donors (Lipinski definition) is 0. The van der Waals surface area contributed by atoms with E-state index < -0.39 is 9.84 Å². The number of hydrogen-bond acceptors (Lipinski definition) is 2. The molecule has 1 aliphatic carbocycles. The van der Waals surface area contributed by atoms with E-state index in [9.17, 15) is 8.42 Å². The Labute approximate surface area is 175 Å². The summed E-state index contributed by atoms with van der Waals surface area (Å²) in [6, 6.07) is 7.33. The minimum atomic E-state index is -3.17. The maximum absolute atomic E-state index is 11.8. The molecule has 0 bridgehead atoms. The van der Waals surface area contributed by atoms with Gasteiger partial charge in [0.2, 0.25) is 0 Å². The van der Waals surface area contributed by atoms with Gasteiger partial charge in [-0.15, -0.1) is 0 Å². The fourth-order valence-corrected chi connectivity index (χ4v) is 4.40. The van der Waals surface area contributed by atoms with E-state index in [1.165, 1.54) is 23.0 Å². The van der Waals surface area contributed by atoms with Gasteiger partial charge in [0.25, 0.3) is 0 Å². The number of halogens is 1. The molecule has 0 saturated carbocycles. The van der Waals surface area contributed by atoms with Crippen LogP contribution in [-0.2, 0) is 9.84 Å². The lowest BCUT2D eigenvalue weighted by Crippen LogP contribution is -2.05. The summed E-state index contributed by atoms with van der Waals surface area (Å²) in [5.41, 5.74) is 6.51. The Balaban J connectivity index is 2.32. The summed E-state index contributed by atoms with van der Waals surface area (Å²) < 4.78 is 23.5. The van der Waals surface area contributed by atoms with Crippen molar-refractivity contribution in [3.05, 3.63) is 70.3 Å². The molecule has 0 N–H and O–H groups in total. The quantitative estimate of drug-likeness (QED) is 0.350. The lowest BCUT2D eigenvalue weighted by Gasteiger charge is -2.17. The van der Waals surface area contributed by atoms with Crippen molar-refractivity contribution in [2.75, 3.05) is 6.26 Å². The molecule has 0 fully saturated rings. The van der Waals surface area contributed by atoms with Crippen molar-refractivity contribution in [1.29, 1.82) is 0 Å². The molecule has 28 heavy (non-hydrogen) atoms. The smallest absolute Gasteiger partial charge is 0.175 e. The van der Waals surface area contributed by atoms with Crippen LogP contribution in [0.2, 0.25) is 0 Å². The third-order valence-electron chi connectivity index (χ3n) is 5.35. The zero-order valence-electron chi connectivity index (χ0n) is 17.6. The van der Waals surface area contributed by atoms with Gasteiger partial charge in [0, 0.05) is 11.3 Å². The highest BCUT2D eigenvalue weighted by molar-refractivity contribution is 7.90. The van der Waals surface area contributed by atoms with Gasteiger partial charge in [-0.2, -0.15) is 0 Å². The van der Waals surface area contributed by atoms with Gasteiger partial charge in [0.1, 0.15) is 0 Å². The van der Waals surface area contributed by atoms with E-state index in [2.05, 4.69) is 39.5 Å². The molecule has 152 valence electrons. The van der Waals surface area contributed by atoms with E-state index in [4.69, 9.17) is 11.6 Å². The van der Waals surface area contributed by atoms with Crippen LogP contribution in [0.1, 0.15) is 58.9 Å². The third-order valence-corrected chi connectivity index (χ3v) is 6.78. The van der Waals surface area contributed by atoms with Gasteiger partial charge in [0.15, 0.2) is 9.84 Å². The fraction of sp³-hybridized carbons (Fsp3) is 0.417. The second kappa shape index (κ2) is 8.84. The van der Waals surface area contributed by atoms with E-state index in [-0.39, 0.29) is 5.41 Å². The first kappa shape index (κ1) is 22.7. The first-order chi connectivity index (χ1) is 12.9. The van der Waals surface area contributed by atoms with Gasteiger partial charge >= 0.3 is 0 Å². The SMILES string of the molecule is C=C(Cl)C(C)=CC/C(=C\C)CC1=C(c2ccc(S(C)(=O)=O)cc2)CC(C)(C)C1. The van der Waals surface area contributed by atoms with E-state index in [1.807, 2.05) is 19.1 Å². The molecular formula is C24H31ClO2S. The lowest BCUT2D eigenvalue weighted by molar-refractivity contribution is 0.395. The molecule has 1 aromatic carbocycles.